The maximum absolute atomic E-state index is 12.5. The summed E-state index contributed by atoms with van der Waals surface area (Å²) in [6.07, 6.45) is 5.98. The van der Waals surface area contributed by atoms with E-state index in [0.717, 1.165) is 51.9 Å². The van der Waals surface area contributed by atoms with Crippen LogP contribution in [0.4, 0.5) is 0 Å². The number of nitrogens with one attached hydrogen (secondary N) is 1. The number of halogens is 2. The Labute approximate surface area is 187 Å². The lowest BCUT2D eigenvalue weighted by atomic mass is 9.83. The van der Waals surface area contributed by atoms with Gasteiger partial charge >= 0.3 is 0 Å². The fraction of sp³-hybridized carbons (Fsp3) is 0.682. The zero-order valence-corrected chi connectivity index (χ0v) is 19.1. The first-order valence-corrected chi connectivity index (χ1v) is 10.5. The highest BCUT2D eigenvalue weighted by Gasteiger charge is 2.32. The summed E-state index contributed by atoms with van der Waals surface area (Å²) in [4.78, 5) is 15.1. The number of amides is 1. The highest BCUT2D eigenvalue weighted by atomic mass is 35.5. The molecule has 29 heavy (non-hydrogen) atoms. The first-order valence-electron chi connectivity index (χ1n) is 10.5. The smallest absolute Gasteiger partial charge is 0.223 e. The Morgan fingerprint density at radius 2 is 1.83 bits per heavy atom. The van der Waals surface area contributed by atoms with E-state index < -0.39 is 0 Å². The minimum Gasteiger partial charge on any atom is -0.380 e. The third kappa shape index (κ3) is 8.06. The summed E-state index contributed by atoms with van der Waals surface area (Å²) in [5.41, 5.74) is 7.47. The molecule has 2 aliphatic rings. The molecule has 1 saturated carbocycles. The van der Waals surface area contributed by atoms with E-state index >= 15 is 0 Å². The van der Waals surface area contributed by atoms with Gasteiger partial charge in [-0.25, -0.2) is 0 Å². The molecule has 1 saturated heterocycles. The molecular weight excluding hydrogens is 409 g/mol. The molecule has 1 aromatic carbocycles. The van der Waals surface area contributed by atoms with Gasteiger partial charge in [-0.05, 0) is 63.1 Å². The van der Waals surface area contributed by atoms with Crippen molar-refractivity contribution in [3.63, 3.8) is 0 Å². The lowest BCUT2D eigenvalue weighted by molar-refractivity contribution is -0.128. The van der Waals surface area contributed by atoms with Crippen molar-refractivity contribution in [2.45, 2.75) is 50.7 Å². The van der Waals surface area contributed by atoms with Crippen molar-refractivity contribution in [3.05, 3.63) is 35.9 Å². The number of hydrogen-bond acceptors (Lipinski definition) is 4. The van der Waals surface area contributed by atoms with Crippen LogP contribution in [-0.4, -0.2) is 56.2 Å². The van der Waals surface area contributed by atoms with Gasteiger partial charge in [-0.15, -0.1) is 24.8 Å². The molecule has 2 fully saturated rings. The zero-order chi connectivity index (χ0) is 19.1. The highest BCUT2D eigenvalue weighted by molar-refractivity contribution is 5.85. The Balaban J connectivity index is 0.00000210. The number of carbonyl (C=O) groups excluding carboxylic acids is 1. The number of piperidine rings is 1. The molecule has 3 atom stereocenters. The van der Waals surface area contributed by atoms with Gasteiger partial charge in [-0.3, -0.25) is 4.79 Å². The average Bonchev–Trinajstić information content (AvgIpc) is 2.72. The third-order valence-electron chi connectivity index (χ3n) is 6.35. The highest BCUT2D eigenvalue weighted by Crippen LogP contribution is 2.26. The van der Waals surface area contributed by atoms with Crippen LogP contribution in [0.3, 0.4) is 0 Å². The SMILES string of the molecule is CO[C@H]1C[C@@H](C(=O)NCC2CCN(CCc3ccccc3)CC2)CC[C@@H]1N.Cl.Cl. The van der Waals surface area contributed by atoms with E-state index in [1.165, 1.54) is 18.4 Å². The predicted molar refractivity (Wildman–Crippen MR) is 123 cm³/mol. The van der Waals surface area contributed by atoms with Crippen LogP contribution < -0.4 is 11.1 Å². The molecule has 0 spiro atoms. The van der Waals surface area contributed by atoms with Crippen LogP contribution in [0.5, 0.6) is 0 Å². The number of ether oxygens (including phenoxy) is 1. The van der Waals surface area contributed by atoms with Crippen LogP contribution >= 0.6 is 24.8 Å². The monoisotopic (exact) mass is 445 g/mol. The molecule has 1 aliphatic carbocycles. The van der Waals surface area contributed by atoms with Crippen molar-refractivity contribution in [3.8, 4) is 0 Å². The number of likely N-dealkylation sites (tertiary alicyclic amines) is 1. The van der Waals surface area contributed by atoms with E-state index in [4.69, 9.17) is 10.5 Å². The summed E-state index contributed by atoms with van der Waals surface area (Å²) < 4.78 is 5.43. The molecule has 3 rings (SSSR count). The minimum atomic E-state index is 0. The number of methoxy groups -OCH3 is 1. The molecule has 0 unspecified atom stereocenters. The first-order chi connectivity index (χ1) is 13.2. The van der Waals surface area contributed by atoms with Crippen molar-refractivity contribution >= 4 is 30.7 Å². The van der Waals surface area contributed by atoms with Gasteiger partial charge in [0.25, 0.3) is 0 Å². The first kappa shape index (κ1) is 26.2. The number of rotatable bonds is 7. The van der Waals surface area contributed by atoms with E-state index in [1.54, 1.807) is 7.11 Å². The van der Waals surface area contributed by atoms with Crippen molar-refractivity contribution in [1.29, 1.82) is 0 Å². The van der Waals surface area contributed by atoms with E-state index in [0.29, 0.717) is 5.92 Å². The lowest BCUT2D eigenvalue weighted by Crippen LogP contribution is -2.46. The van der Waals surface area contributed by atoms with E-state index in [1.807, 2.05) is 0 Å². The number of nitrogens with zero attached hydrogens (tertiary/aromatic N) is 1. The van der Waals surface area contributed by atoms with E-state index in [2.05, 4.69) is 40.5 Å². The quantitative estimate of drug-likeness (QED) is 0.676. The molecule has 1 amide bonds. The second-order valence-corrected chi connectivity index (χ2v) is 8.21. The van der Waals surface area contributed by atoms with E-state index in [9.17, 15) is 4.79 Å². The van der Waals surface area contributed by atoms with Crippen LogP contribution in [-0.2, 0) is 16.0 Å². The minimum absolute atomic E-state index is 0. The molecule has 0 bridgehead atoms. The summed E-state index contributed by atoms with van der Waals surface area (Å²) in [5, 5.41) is 3.20. The Bertz CT molecular complexity index is 583. The molecule has 166 valence electrons. The maximum atomic E-state index is 12.5. The van der Waals surface area contributed by atoms with Gasteiger partial charge in [0.1, 0.15) is 0 Å². The van der Waals surface area contributed by atoms with Crippen LogP contribution in [0.2, 0.25) is 0 Å². The summed E-state index contributed by atoms with van der Waals surface area (Å²) in [6.45, 7) is 4.21. The molecule has 0 aromatic heterocycles. The van der Waals surface area contributed by atoms with Gasteiger partial charge in [0.05, 0.1) is 6.10 Å². The van der Waals surface area contributed by atoms with Gasteiger partial charge < -0.3 is 20.7 Å². The summed E-state index contributed by atoms with van der Waals surface area (Å²) >= 11 is 0. The van der Waals surface area contributed by atoms with Gasteiger partial charge in [0.15, 0.2) is 0 Å². The van der Waals surface area contributed by atoms with Crippen molar-refractivity contribution in [1.82, 2.24) is 10.2 Å². The topological polar surface area (TPSA) is 67.6 Å². The van der Waals surface area contributed by atoms with Crippen LogP contribution in [0.25, 0.3) is 0 Å². The second-order valence-electron chi connectivity index (χ2n) is 8.21. The summed E-state index contributed by atoms with van der Waals surface area (Å²) in [6, 6.07) is 10.8. The van der Waals surface area contributed by atoms with Crippen molar-refractivity contribution in [2.24, 2.45) is 17.6 Å². The second kappa shape index (κ2) is 13.5. The van der Waals surface area contributed by atoms with Gasteiger partial charge in [0.2, 0.25) is 5.91 Å². The third-order valence-corrected chi connectivity index (χ3v) is 6.35. The van der Waals surface area contributed by atoms with Crippen LogP contribution in [0, 0.1) is 11.8 Å². The van der Waals surface area contributed by atoms with Crippen molar-refractivity contribution < 1.29 is 9.53 Å². The lowest BCUT2D eigenvalue weighted by Gasteiger charge is -2.34. The molecule has 1 heterocycles. The Kier molecular flexibility index (Phi) is 12.1. The fourth-order valence-electron chi connectivity index (χ4n) is 4.40. The van der Waals surface area contributed by atoms with Crippen molar-refractivity contribution in [2.75, 3.05) is 33.3 Å². The normalized spacial score (nSPS) is 25.5. The van der Waals surface area contributed by atoms with Gasteiger partial charge in [-0.2, -0.15) is 0 Å². The number of hydrogen-bond donors (Lipinski definition) is 2. The average molecular weight is 446 g/mol. The van der Waals surface area contributed by atoms with Crippen LogP contribution in [0.15, 0.2) is 30.3 Å². The summed E-state index contributed by atoms with van der Waals surface area (Å²) in [5.74, 6) is 0.849. The zero-order valence-electron chi connectivity index (χ0n) is 17.4. The number of benzene rings is 1. The largest absolute Gasteiger partial charge is 0.380 e. The molecule has 1 aliphatic heterocycles. The standard InChI is InChI=1S/C22H35N3O2.2ClH/c1-27-21-15-19(7-8-20(21)23)22(26)24-16-18-10-13-25(14-11-18)12-9-17-5-3-2-4-6-17;;/h2-6,18-21H,7-16,23H2,1H3,(H,24,26);2*1H/t19-,20-,21-;;/m0../s1. The number of nitrogens with two attached hydrogens (primary N) is 1. The molecular formula is C22H37Cl2N3O2. The maximum Gasteiger partial charge on any atom is 0.223 e. The number of carbonyl (C=O) groups is 1. The van der Waals surface area contributed by atoms with Crippen LogP contribution in [0.1, 0.15) is 37.7 Å². The Morgan fingerprint density at radius 3 is 2.48 bits per heavy atom. The molecule has 5 nitrogen and oxygen atoms in total. The predicted octanol–water partition coefficient (Wildman–Crippen LogP) is 3.04. The Hall–Kier alpha value is -0.850. The Morgan fingerprint density at radius 1 is 1.14 bits per heavy atom. The van der Waals surface area contributed by atoms with Gasteiger partial charge in [0, 0.05) is 32.2 Å². The molecule has 7 heteroatoms. The van der Waals surface area contributed by atoms with E-state index in [-0.39, 0.29) is 48.8 Å². The molecule has 0 radical (unpaired) electrons. The fourth-order valence-corrected chi connectivity index (χ4v) is 4.40. The molecule has 3 N–H and O–H groups in total. The molecule has 1 aromatic rings. The van der Waals surface area contributed by atoms with Gasteiger partial charge in [-0.1, -0.05) is 30.3 Å². The summed E-state index contributed by atoms with van der Waals surface area (Å²) in [7, 11) is 1.69.